The van der Waals surface area contributed by atoms with Gasteiger partial charge in [0.05, 0.1) is 0 Å². The van der Waals surface area contributed by atoms with Crippen molar-refractivity contribution in [2.75, 3.05) is 26.9 Å². The van der Waals surface area contributed by atoms with Gasteiger partial charge in [0.25, 0.3) is 5.91 Å². The zero-order chi connectivity index (χ0) is 15.9. The van der Waals surface area contributed by atoms with Gasteiger partial charge >= 0.3 is 5.97 Å². The second kappa shape index (κ2) is 7.61. The standard InChI is InChI=1S/C16H19NO5/c1-11-12-6-3-4-7-13(12)22-15(11)16(19)21-10-14(18)17-8-5-9-20-2/h3-4,6-7H,5,8-10H2,1-2H3,(H,17,18). The summed E-state index contributed by atoms with van der Waals surface area (Å²) in [6, 6.07) is 7.34. The van der Waals surface area contributed by atoms with Gasteiger partial charge in [-0.05, 0) is 19.4 Å². The number of hydrogen-bond acceptors (Lipinski definition) is 5. The summed E-state index contributed by atoms with van der Waals surface area (Å²) < 4.78 is 15.3. The molecule has 6 nitrogen and oxygen atoms in total. The minimum absolute atomic E-state index is 0.133. The highest BCUT2D eigenvalue weighted by Gasteiger charge is 2.19. The maximum Gasteiger partial charge on any atom is 0.375 e. The molecule has 0 fully saturated rings. The first kappa shape index (κ1) is 16.0. The van der Waals surface area contributed by atoms with E-state index < -0.39 is 5.97 Å². The van der Waals surface area contributed by atoms with Crippen LogP contribution in [0.2, 0.25) is 0 Å². The monoisotopic (exact) mass is 305 g/mol. The third kappa shape index (κ3) is 3.85. The van der Waals surface area contributed by atoms with E-state index in [1.807, 2.05) is 18.2 Å². The van der Waals surface area contributed by atoms with Crippen LogP contribution in [0.4, 0.5) is 0 Å². The SMILES string of the molecule is COCCCNC(=O)COC(=O)c1oc2ccccc2c1C. The van der Waals surface area contributed by atoms with Crippen LogP contribution in [0.3, 0.4) is 0 Å². The first-order valence-electron chi connectivity index (χ1n) is 7.04. The minimum atomic E-state index is -0.638. The molecule has 1 aromatic heterocycles. The lowest BCUT2D eigenvalue weighted by Crippen LogP contribution is -2.30. The molecule has 0 aliphatic rings. The number of hydrogen-bond donors (Lipinski definition) is 1. The van der Waals surface area contributed by atoms with Gasteiger partial charge in [-0.15, -0.1) is 0 Å². The molecule has 0 radical (unpaired) electrons. The Kier molecular flexibility index (Phi) is 5.55. The lowest BCUT2D eigenvalue weighted by molar-refractivity contribution is -0.124. The Balaban J connectivity index is 1.89. The van der Waals surface area contributed by atoms with Crippen LogP contribution in [0.15, 0.2) is 28.7 Å². The van der Waals surface area contributed by atoms with Gasteiger partial charge in [-0.3, -0.25) is 4.79 Å². The van der Waals surface area contributed by atoms with Gasteiger partial charge in [0.2, 0.25) is 5.76 Å². The molecule has 22 heavy (non-hydrogen) atoms. The summed E-state index contributed by atoms with van der Waals surface area (Å²) in [6.45, 7) is 2.50. The van der Waals surface area contributed by atoms with Crippen molar-refractivity contribution in [2.45, 2.75) is 13.3 Å². The van der Waals surface area contributed by atoms with Gasteiger partial charge in [0.1, 0.15) is 5.58 Å². The van der Waals surface area contributed by atoms with Crippen molar-refractivity contribution < 1.29 is 23.5 Å². The van der Waals surface area contributed by atoms with Crippen LogP contribution in [0.1, 0.15) is 22.5 Å². The Morgan fingerprint density at radius 1 is 1.27 bits per heavy atom. The molecule has 0 atom stereocenters. The molecule has 0 bridgehead atoms. The summed E-state index contributed by atoms with van der Waals surface area (Å²) in [7, 11) is 1.60. The smallest absolute Gasteiger partial charge is 0.375 e. The van der Waals surface area contributed by atoms with E-state index in [4.69, 9.17) is 13.9 Å². The molecular formula is C16H19NO5. The van der Waals surface area contributed by atoms with Gasteiger partial charge in [-0.25, -0.2) is 4.79 Å². The number of para-hydroxylation sites is 1. The zero-order valence-electron chi connectivity index (χ0n) is 12.7. The van der Waals surface area contributed by atoms with Crippen molar-refractivity contribution in [1.29, 1.82) is 0 Å². The lowest BCUT2D eigenvalue weighted by Gasteiger charge is -2.05. The largest absolute Gasteiger partial charge is 0.450 e. The number of nitrogens with one attached hydrogen (secondary N) is 1. The Morgan fingerprint density at radius 2 is 2.05 bits per heavy atom. The van der Waals surface area contributed by atoms with Crippen LogP contribution in [0.25, 0.3) is 11.0 Å². The zero-order valence-corrected chi connectivity index (χ0v) is 12.7. The number of aryl methyl sites for hydroxylation is 1. The van der Waals surface area contributed by atoms with Gasteiger partial charge in [-0.2, -0.15) is 0 Å². The van der Waals surface area contributed by atoms with Crippen LogP contribution < -0.4 is 5.32 Å². The maximum atomic E-state index is 12.0. The van der Waals surface area contributed by atoms with Crippen molar-refractivity contribution in [1.82, 2.24) is 5.32 Å². The molecular weight excluding hydrogens is 286 g/mol. The molecule has 0 aliphatic carbocycles. The number of ether oxygens (including phenoxy) is 2. The topological polar surface area (TPSA) is 77.8 Å². The van der Waals surface area contributed by atoms with Crippen molar-refractivity contribution in [2.24, 2.45) is 0 Å². The molecule has 0 unspecified atom stereocenters. The fourth-order valence-electron chi connectivity index (χ4n) is 2.06. The Labute approximate surface area is 128 Å². The van der Waals surface area contributed by atoms with Crippen molar-refractivity contribution in [3.8, 4) is 0 Å². The number of esters is 1. The van der Waals surface area contributed by atoms with Crippen LogP contribution in [0.5, 0.6) is 0 Å². The highest BCUT2D eigenvalue weighted by Crippen LogP contribution is 2.25. The summed E-state index contributed by atoms with van der Waals surface area (Å²) >= 11 is 0. The average Bonchev–Trinajstić information content (AvgIpc) is 2.87. The minimum Gasteiger partial charge on any atom is -0.450 e. The highest BCUT2D eigenvalue weighted by molar-refractivity contribution is 5.96. The second-order valence-corrected chi connectivity index (χ2v) is 4.82. The summed E-state index contributed by atoms with van der Waals surface area (Å²) in [5.41, 5.74) is 1.33. The van der Waals surface area contributed by atoms with E-state index in [-0.39, 0.29) is 18.3 Å². The Hall–Kier alpha value is -2.34. The summed E-state index contributed by atoms with van der Waals surface area (Å²) in [4.78, 5) is 23.5. The predicted octanol–water partition coefficient (Wildman–Crippen LogP) is 2.05. The molecule has 118 valence electrons. The number of fused-ring (bicyclic) bond motifs is 1. The van der Waals surface area contributed by atoms with Crippen LogP contribution in [-0.2, 0) is 14.3 Å². The number of amides is 1. The van der Waals surface area contributed by atoms with Crippen LogP contribution >= 0.6 is 0 Å². The van der Waals surface area contributed by atoms with Gasteiger partial charge < -0.3 is 19.2 Å². The number of benzene rings is 1. The van der Waals surface area contributed by atoms with E-state index in [1.165, 1.54) is 0 Å². The van der Waals surface area contributed by atoms with E-state index in [2.05, 4.69) is 5.32 Å². The Bertz CT molecular complexity index is 662. The van der Waals surface area contributed by atoms with Crippen LogP contribution in [-0.4, -0.2) is 38.7 Å². The molecule has 0 spiro atoms. The molecule has 1 aromatic carbocycles. The summed E-state index contributed by atoms with van der Waals surface area (Å²) in [6.07, 6.45) is 0.707. The van der Waals surface area contributed by atoms with Crippen LogP contribution in [0, 0.1) is 6.92 Å². The first-order valence-corrected chi connectivity index (χ1v) is 7.04. The van der Waals surface area contributed by atoms with E-state index in [1.54, 1.807) is 20.1 Å². The molecule has 2 aromatic rings. The molecule has 1 heterocycles. The van der Waals surface area contributed by atoms with E-state index in [0.717, 1.165) is 5.39 Å². The summed E-state index contributed by atoms with van der Waals surface area (Å²) in [5, 5.41) is 3.50. The van der Waals surface area contributed by atoms with E-state index in [0.29, 0.717) is 30.7 Å². The van der Waals surface area contributed by atoms with Crippen molar-refractivity contribution in [3.63, 3.8) is 0 Å². The van der Waals surface area contributed by atoms with E-state index in [9.17, 15) is 9.59 Å². The van der Waals surface area contributed by atoms with E-state index >= 15 is 0 Å². The lowest BCUT2D eigenvalue weighted by atomic mass is 10.1. The number of furan rings is 1. The highest BCUT2D eigenvalue weighted by atomic mass is 16.5. The van der Waals surface area contributed by atoms with Gasteiger partial charge in [-0.1, -0.05) is 18.2 Å². The maximum absolute atomic E-state index is 12.0. The third-order valence-electron chi connectivity index (χ3n) is 3.21. The molecule has 1 amide bonds. The fraction of sp³-hybridized carbons (Fsp3) is 0.375. The predicted molar refractivity (Wildman–Crippen MR) is 80.7 cm³/mol. The van der Waals surface area contributed by atoms with Gasteiger partial charge in [0.15, 0.2) is 6.61 Å². The van der Waals surface area contributed by atoms with Gasteiger partial charge in [0, 0.05) is 31.2 Å². The molecule has 6 heteroatoms. The number of rotatable bonds is 7. The fourth-order valence-corrected chi connectivity index (χ4v) is 2.06. The summed E-state index contributed by atoms with van der Waals surface area (Å²) in [5.74, 6) is -0.854. The number of methoxy groups -OCH3 is 1. The second-order valence-electron chi connectivity index (χ2n) is 4.82. The third-order valence-corrected chi connectivity index (χ3v) is 3.21. The van der Waals surface area contributed by atoms with Crippen molar-refractivity contribution >= 4 is 22.8 Å². The molecule has 0 aliphatic heterocycles. The Morgan fingerprint density at radius 3 is 2.77 bits per heavy atom. The quantitative estimate of drug-likeness (QED) is 0.626. The molecule has 2 rings (SSSR count). The molecule has 1 N–H and O–H groups in total. The number of carbonyl (C=O) groups excluding carboxylic acids is 2. The first-order chi connectivity index (χ1) is 10.6. The normalized spacial score (nSPS) is 10.6. The molecule has 0 saturated carbocycles. The van der Waals surface area contributed by atoms with Crippen molar-refractivity contribution in [3.05, 3.63) is 35.6 Å². The number of carbonyl (C=O) groups is 2. The molecule has 0 saturated heterocycles. The average molecular weight is 305 g/mol.